The van der Waals surface area contributed by atoms with Gasteiger partial charge in [0.2, 0.25) is 0 Å². The number of carbonyl (C=O) groups is 1. The Morgan fingerprint density at radius 2 is 1.90 bits per heavy atom. The zero-order valence-electron chi connectivity index (χ0n) is 12.0. The van der Waals surface area contributed by atoms with E-state index < -0.39 is 6.10 Å². The van der Waals surface area contributed by atoms with Gasteiger partial charge in [-0.05, 0) is 5.56 Å². The summed E-state index contributed by atoms with van der Waals surface area (Å²) < 4.78 is 5.31. The lowest BCUT2D eigenvalue weighted by Crippen LogP contribution is -2.50. The van der Waals surface area contributed by atoms with Crippen LogP contribution in [0.1, 0.15) is 5.56 Å². The standard InChI is InChI=1S/C15H22N2O3S/c18-14(12-21)10-16-6-8-17(9-7-16)15(19)20-11-13-4-2-1-3-5-13/h1-5,14,18,21H,6-12H2/t14-/m1/s1. The molecule has 1 aliphatic heterocycles. The molecule has 116 valence electrons. The van der Waals surface area contributed by atoms with E-state index in [0.717, 1.165) is 18.7 Å². The molecule has 1 aliphatic rings. The van der Waals surface area contributed by atoms with Crippen LogP contribution in [0.15, 0.2) is 30.3 Å². The summed E-state index contributed by atoms with van der Waals surface area (Å²) in [4.78, 5) is 15.8. The van der Waals surface area contributed by atoms with Gasteiger partial charge in [0.05, 0.1) is 6.10 Å². The van der Waals surface area contributed by atoms with E-state index in [2.05, 4.69) is 17.5 Å². The Balaban J connectivity index is 1.70. The zero-order chi connectivity index (χ0) is 15.1. The average molecular weight is 310 g/mol. The zero-order valence-corrected chi connectivity index (χ0v) is 12.9. The topological polar surface area (TPSA) is 53.0 Å². The number of β-amino-alcohol motifs (C(OH)–C–C–N with tert-alkyl or cyclic N) is 1. The van der Waals surface area contributed by atoms with E-state index in [0.29, 0.717) is 32.0 Å². The molecule has 0 spiro atoms. The van der Waals surface area contributed by atoms with Gasteiger partial charge < -0.3 is 14.7 Å². The third-order valence-electron chi connectivity index (χ3n) is 3.52. The average Bonchev–Trinajstić information content (AvgIpc) is 2.54. The summed E-state index contributed by atoms with van der Waals surface area (Å²) in [5.41, 5.74) is 0.987. The molecule has 0 saturated carbocycles. The molecule has 0 bridgehead atoms. The monoisotopic (exact) mass is 310 g/mol. The first-order valence-corrected chi connectivity index (χ1v) is 7.79. The molecule has 1 aromatic carbocycles. The molecule has 1 fully saturated rings. The Hall–Kier alpha value is -1.24. The molecule has 5 nitrogen and oxygen atoms in total. The number of hydrogen-bond acceptors (Lipinski definition) is 5. The number of ether oxygens (including phenoxy) is 1. The molecule has 1 atom stereocenters. The van der Waals surface area contributed by atoms with E-state index in [1.807, 2.05) is 30.3 Å². The first kappa shape index (κ1) is 16.1. The second kappa shape index (κ2) is 8.26. The third-order valence-corrected chi connectivity index (χ3v) is 3.94. The fraction of sp³-hybridized carbons (Fsp3) is 0.533. The van der Waals surface area contributed by atoms with Crippen molar-refractivity contribution in [2.45, 2.75) is 12.7 Å². The highest BCUT2D eigenvalue weighted by Gasteiger charge is 2.23. The SMILES string of the molecule is O=C(OCc1ccccc1)N1CCN(C[C@@H](O)CS)CC1. The van der Waals surface area contributed by atoms with Gasteiger partial charge in [0.25, 0.3) is 0 Å². The van der Waals surface area contributed by atoms with Crippen molar-refractivity contribution in [3.63, 3.8) is 0 Å². The maximum atomic E-state index is 12.0. The molecule has 0 radical (unpaired) electrons. The first-order chi connectivity index (χ1) is 10.2. The number of aliphatic hydroxyl groups excluding tert-OH is 1. The predicted octanol–water partition coefficient (Wildman–Crippen LogP) is 1.23. The molecule has 0 unspecified atom stereocenters. The Bertz CT molecular complexity index is 436. The van der Waals surface area contributed by atoms with E-state index in [1.165, 1.54) is 0 Å². The Morgan fingerprint density at radius 3 is 2.52 bits per heavy atom. The van der Waals surface area contributed by atoms with Crippen LogP contribution < -0.4 is 0 Å². The van der Waals surface area contributed by atoms with Gasteiger partial charge >= 0.3 is 6.09 Å². The van der Waals surface area contributed by atoms with Gasteiger partial charge in [0.1, 0.15) is 6.61 Å². The Morgan fingerprint density at radius 1 is 1.24 bits per heavy atom. The second-order valence-corrected chi connectivity index (χ2v) is 5.53. The fourth-order valence-electron chi connectivity index (χ4n) is 2.28. The Labute approximate surface area is 130 Å². The summed E-state index contributed by atoms with van der Waals surface area (Å²) in [6.45, 7) is 3.69. The van der Waals surface area contributed by atoms with E-state index in [9.17, 15) is 9.90 Å². The maximum Gasteiger partial charge on any atom is 0.410 e. The van der Waals surface area contributed by atoms with Crippen LogP contribution in [0, 0.1) is 0 Å². The molecular formula is C15H22N2O3S. The van der Waals surface area contributed by atoms with Crippen molar-refractivity contribution in [2.75, 3.05) is 38.5 Å². The minimum atomic E-state index is -0.412. The van der Waals surface area contributed by atoms with Crippen LogP contribution in [-0.4, -0.2) is 65.6 Å². The van der Waals surface area contributed by atoms with E-state index >= 15 is 0 Å². The van der Waals surface area contributed by atoms with Crippen molar-refractivity contribution in [2.24, 2.45) is 0 Å². The number of rotatable bonds is 5. The van der Waals surface area contributed by atoms with Crippen LogP contribution in [0.2, 0.25) is 0 Å². The number of amides is 1. The fourth-order valence-corrected chi connectivity index (χ4v) is 2.39. The predicted molar refractivity (Wildman–Crippen MR) is 84.5 cm³/mol. The number of aliphatic hydroxyl groups is 1. The summed E-state index contributed by atoms with van der Waals surface area (Å²) in [5.74, 6) is 0.458. The molecule has 6 heteroatoms. The van der Waals surface area contributed by atoms with Gasteiger partial charge in [-0.1, -0.05) is 30.3 Å². The van der Waals surface area contributed by atoms with Crippen molar-refractivity contribution >= 4 is 18.7 Å². The first-order valence-electron chi connectivity index (χ1n) is 7.16. The largest absolute Gasteiger partial charge is 0.445 e. The van der Waals surface area contributed by atoms with Crippen LogP contribution in [0.4, 0.5) is 4.79 Å². The summed E-state index contributed by atoms with van der Waals surface area (Å²) in [6.07, 6.45) is -0.682. The number of piperazine rings is 1. The molecule has 1 saturated heterocycles. The highest BCUT2D eigenvalue weighted by molar-refractivity contribution is 7.80. The van der Waals surface area contributed by atoms with Gasteiger partial charge in [-0.25, -0.2) is 4.79 Å². The Kier molecular flexibility index (Phi) is 6.35. The minimum absolute atomic E-state index is 0.270. The smallest absolute Gasteiger partial charge is 0.410 e. The van der Waals surface area contributed by atoms with E-state index in [4.69, 9.17) is 4.74 Å². The maximum absolute atomic E-state index is 12.0. The second-order valence-electron chi connectivity index (χ2n) is 5.16. The van der Waals surface area contributed by atoms with Gasteiger partial charge in [0.15, 0.2) is 0 Å². The minimum Gasteiger partial charge on any atom is -0.445 e. The van der Waals surface area contributed by atoms with Crippen LogP contribution in [0.3, 0.4) is 0 Å². The normalized spacial score (nSPS) is 17.5. The molecule has 1 amide bonds. The summed E-state index contributed by atoms with van der Waals surface area (Å²) in [6, 6.07) is 9.65. The number of hydrogen-bond donors (Lipinski definition) is 2. The van der Waals surface area contributed by atoms with Crippen LogP contribution in [-0.2, 0) is 11.3 Å². The molecule has 2 rings (SSSR count). The number of carbonyl (C=O) groups excluding carboxylic acids is 1. The molecule has 0 aliphatic carbocycles. The lowest BCUT2D eigenvalue weighted by atomic mass is 10.2. The summed E-state index contributed by atoms with van der Waals surface area (Å²) in [5, 5.41) is 9.57. The number of nitrogens with zero attached hydrogens (tertiary/aromatic N) is 2. The lowest BCUT2D eigenvalue weighted by molar-refractivity contribution is 0.0579. The summed E-state index contributed by atoms with van der Waals surface area (Å²) in [7, 11) is 0. The van der Waals surface area contributed by atoms with Gasteiger partial charge in [-0.3, -0.25) is 4.90 Å². The van der Waals surface area contributed by atoms with Crippen molar-refractivity contribution in [1.82, 2.24) is 9.80 Å². The van der Waals surface area contributed by atoms with E-state index in [1.54, 1.807) is 4.90 Å². The van der Waals surface area contributed by atoms with Crippen LogP contribution >= 0.6 is 12.6 Å². The van der Waals surface area contributed by atoms with Crippen LogP contribution in [0.5, 0.6) is 0 Å². The van der Waals surface area contributed by atoms with Crippen molar-refractivity contribution < 1.29 is 14.6 Å². The van der Waals surface area contributed by atoms with Crippen molar-refractivity contribution in [3.05, 3.63) is 35.9 Å². The van der Waals surface area contributed by atoms with Crippen molar-refractivity contribution in [3.8, 4) is 0 Å². The molecular weight excluding hydrogens is 288 g/mol. The molecule has 1 N–H and O–H groups in total. The van der Waals surface area contributed by atoms with Crippen molar-refractivity contribution in [1.29, 1.82) is 0 Å². The van der Waals surface area contributed by atoms with Gasteiger partial charge in [-0.2, -0.15) is 12.6 Å². The molecule has 1 heterocycles. The van der Waals surface area contributed by atoms with E-state index in [-0.39, 0.29) is 6.09 Å². The lowest BCUT2D eigenvalue weighted by Gasteiger charge is -2.34. The number of benzene rings is 1. The third kappa shape index (κ3) is 5.22. The highest BCUT2D eigenvalue weighted by Crippen LogP contribution is 2.07. The molecule has 21 heavy (non-hydrogen) atoms. The van der Waals surface area contributed by atoms with Gasteiger partial charge in [-0.15, -0.1) is 0 Å². The molecule has 1 aromatic rings. The summed E-state index contributed by atoms with van der Waals surface area (Å²) >= 11 is 4.07. The van der Waals surface area contributed by atoms with Gasteiger partial charge in [0, 0.05) is 38.5 Å². The number of thiol groups is 1. The molecule has 0 aromatic heterocycles. The highest BCUT2D eigenvalue weighted by atomic mass is 32.1. The quantitative estimate of drug-likeness (QED) is 0.803. The van der Waals surface area contributed by atoms with Crippen LogP contribution in [0.25, 0.3) is 0 Å².